The molecule has 3 aliphatic rings. The van der Waals surface area contributed by atoms with E-state index < -0.39 is 0 Å². The van der Waals surface area contributed by atoms with Crippen molar-refractivity contribution in [1.29, 1.82) is 0 Å². The van der Waals surface area contributed by atoms with Crippen molar-refractivity contribution in [3.63, 3.8) is 0 Å². The summed E-state index contributed by atoms with van der Waals surface area (Å²) in [6.07, 6.45) is 4.87. The predicted octanol–water partition coefficient (Wildman–Crippen LogP) is 2.08. The summed E-state index contributed by atoms with van der Waals surface area (Å²) in [5.41, 5.74) is 2.73. The van der Waals surface area contributed by atoms with Gasteiger partial charge in [0, 0.05) is 21.7 Å². The van der Waals surface area contributed by atoms with Crippen LogP contribution in [0.3, 0.4) is 0 Å². The quantitative estimate of drug-likeness (QED) is 0.827. The van der Waals surface area contributed by atoms with Crippen molar-refractivity contribution in [2.24, 2.45) is 0 Å². The van der Waals surface area contributed by atoms with E-state index in [9.17, 15) is 14.7 Å². The molecule has 0 radical (unpaired) electrons. The van der Waals surface area contributed by atoms with Crippen LogP contribution in [0.5, 0.6) is 0 Å². The lowest BCUT2D eigenvalue weighted by atomic mass is 9.73. The van der Waals surface area contributed by atoms with E-state index in [1.165, 1.54) is 11.1 Å². The Hall–Kier alpha value is -1.92. The molecular weight excluding hydrogens is 354 g/mol. The number of piperidine rings is 1. The first kappa shape index (κ1) is 19.4. The number of aliphatic hydroxyl groups excluding tert-OH is 1. The van der Waals surface area contributed by atoms with Crippen LogP contribution in [-0.4, -0.2) is 65.5 Å². The molecule has 4 rings (SSSR count). The number of fused-ring (bicyclic) bond motifs is 2. The Labute approximate surface area is 169 Å². The molecule has 2 heterocycles. The minimum absolute atomic E-state index is 0. The molecule has 156 valence electrons. The molecule has 0 aromatic heterocycles. The predicted molar refractivity (Wildman–Crippen MR) is 111 cm³/mol. The van der Waals surface area contributed by atoms with E-state index in [2.05, 4.69) is 28.4 Å². The molecule has 28 heavy (non-hydrogen) atoms. The number of carbonyl (C=O) groups excluding carboxylic acids is 2. The zero-order chi connectivity index (χ0) is 19.7. The largest absolute Gasteiger partial charge is 0.394 e. The first-order chi connectivity index (χ1) is 13.5. The van der Waals surface area contributed by atoms with Gasteiger partial charge in [0.25, 0.3) is 0 Å². The van der Waals surface area contributed by atoms with Crippen molar-refractivity contribution in [3.8, 4) is 0 Å². The van der Waals surface area contributed by atoms with Crippen molar-refractivity contribution in [3.05, 3.63) is 35.4 Å². The van der Waals surface area contributed by atoms with Gasteiger partial charge in [-0.1, -0.05) is 24.3 Å². The van der Waals surface area contributed by atoms with Gasteiger partial charge >= 0.3 is 0 Å². The molecule has 6 nitrogen and oxygen atoms in total. The fourth-order valence-electron chi connectivity index (χ4n) is 5.52. The number of hydrogen-bond acceptors (Lipinski definition) is 4. The number of hydrogen-bond donors (Lipinski definition) is 2. The van der Waals surface area contributed by atoms with Gasteiger partial charge in [0.2, 0.25) is 11.8 Å². The van der Waals surface area contributed by atoms with Gasteiger partial charge in [-0.3, -0.25) is 14.5 Å². The first-order valence-corrected chi connectivity index (χ1v) is 10.5. The zero-order valence-corrected chi connectivity index (χ0v) is 16.7. The van der Waals surface area contributed by atoms with E-state index in [1.54, 1.807) is 6.92 Å². The van der Waals surface area contributed by atoms with Crippen LogP contribution >= 0.6 is 0 Å². The maximum Gasteiger partial charge on any atom is 0.237 e. The number of likely N-dealkylation sites (tertiary alicyclic amines) is 2. The van der Waals surface area contributed by atoms with Crippen LogP contribution in [0.15, 0.2) is 24.3 Å². The Bertz CT molecular complexity index is 753. The second-order valence-corrected chi connectivity index (χ2v) is 8.67. The minimum atomic E-state index is 0. The standard InChI is InChI=1S/C22H31N3O3.2H2/c1-16(27)23-20-13-22(19-7-3-2-6-18(19)20)8-11-24(12-9-22)14-21(28)25-10-4-5-17(25)15-26;;/h2-3,6-7,17,20,26H,4-5,8-15H2,1H3,(H,23,27);2*1H/t17-,20-;;/m0../s1. The summed E-state index contributed by atoms with van der Waals surface area (Å²) in [5, 5.41) is 12.6. The number of benzene rings is 1. The molecule has 0 saturated carbocycles. The average molecular weight is 390 g/mol. The van der Waals surface area contributed by atoms with Crippen molar-refractivity contribution in [2.75, 3.05) is 32.8 Å². The maximum absolute atomic E-state index is 12.7. The molecule has 2 saturated heterocycles. The molecule has 0 bridgehead atoms. The van der Waals surface area contributed by atoms with Crippen LogP contribution in [0.25, 0.3) is 0 Å². The van der Waals surface area contributed by atoms with Gasteiger partial charge < -0.3 is 15.3 Å². The highest BCUT2D eigenvalue weighted by atomic mass is 16.3. The minimum Gasteiger partial charge on any atom is -0.394 e. The van der Waals surface area contributed by atoms with Gasteiger partial charge in [-0.25, -0.2) is 0 Å². The Morgan fingerprint density at radius 3 is 2.71 bits per heavy atom. The molecule has 2 atom stereocenters. The van der Waals surface area contributed by atoms with Gasteiger partial charge in [-0.15, -0.1) is 0 Å². The Balaban J connectivity index is 0.00000160. The molecule has 2 fully saturated rings. The van der Waals surface area contributed by atoms with Crippen molar-refractivity contribution >= 4 is 11.8 Å². The summed E-state index contributed by atoms with van der Waals surface area (Å²) >= 11 is 0. The Kier molecular flexibility index (Phi) is 5.43. The van der Waals surface area contributed by atoms with Crippen LogP contribution in [0.2, 0.25) is 0 Å². The lowest BCUT2D eigenvalue weighted by molar-refractivity contribution is -0.134. The molecule has 1 aromatic rings. The van der Waals surface area contributed by atoms with E-state index in [0.717, 1.165) is 51.7 Å². The van der Waals surface area contributed by atoms with Crippen LogP contribution in [-0.2, 0) is 15.0 Å². The number of nitrogens with zero attached hydrogens (tertiary/aromatic N) is 2. The Morgan fingerprint density at radius 2 is 2.00 bits per heavy atom. The van der Waals surface area contributed by atoms with Crippen molar-refractivity contribution < 1.29 is 17.5 Å². The van der Waals surface area contributed by atoms with E-state index in [0.29, 0.717) is 6.54 Å². The van der Waals surface area contributed by atoms with E-state index >= 15 is 0 Å². The monoisotopic (exact) mass is 389 g/mol. The molecule has 2 amide bonds. The van der Waals surface area contributed by atoms with Gasteiger partial charge in [-0.2, -0.15) is 0 Å². The number of carbonyl (C=O) groups is 2. The highest BCUT2D eigenvalue weighted by molar-refractivity contribution is 5.79. The van der Waals surface area contributed by atoms with Gasteiger partial charge in [0.1, 0.15) is 0 Å². The highest BCUT2D eigenvalue weighted by Crippen LogP contribution is 2.50. The molecule has 1 spiro atoms. The SMILES string of the molecule is CC(=O)N[C@H]1CC2(CCN(CC(=O)N3CCC[C@H]3CO)CC2)c2ccccc21.[HH].[HH]. The summed E-state index contributed by atoms with van der Waals surface area (Å²) in [4.78, 5) is 28.5. The molecule has 6 heteroatoms. The lowest BCUT2D eigenvalue weighted by Crippen LogP contribution is -2.48. The van der Waals surface area contributed by atoms with E-state index in [-0.39, 0.29) is 38.8 Å². The summed E-state index contributed by atoms with van der Waals surface area (Å²) in [7, 11) is 0. The highest BCUT2D eigenvalue weighted by Gasteiger charge is 2.45. The van der Waals surface area contributed by atoms with Gasteiger partial charge in [-0.05, 0) is 56.3 Å². The topological polar surface area (TPSA) is 72.9 Å². The molecule has 2 aliphatic heterocycles. The summed E-state index contributed by atoms with van der Waals surface area (Å²) in [6.45, 7) is 4.65. The van der Waals surface area contributed by atoms with Crippen LogP contribution in [0, 0.1) is 0 Å². The number of amides is 2. The summed E-state index contributed by atoms with van der Waals surface area (Å²) in [6, 6.07) is 8.60. The normalized spacial score (nSPS) is 26.4. The summed E-state index contributed by atoms with van der Waals surface area (Å²) < 4.78 is 0. The molecule has 1 aliphatic carbocycles. The number of aliphatic hydroxyl groups is 1. The molecule has 2 N–H and O–H groups in total. The fraction of sp³-hybridized carbons (Fsp3) is 0.636. The summed E-state index contributed by atoms with van der Waals surface area (Å²) in [5.74, 6) is 0.166. The lowest BCUT2D eigenvalue weighted by Gasteiger charge is -2.40. The van der Waals surface area contributed by atoms with Crippen LogP contribution in [0.4, 0.5) is 0 Å². The molecule has 1 aromatic carbocycles. The average Bonchev–Trinajstić information content (AvgIpc) is 3.28. The maximum atomic E-state index is 12.7. The van der Waals surface area contributed by atoms with E-state index in [4.69, 9.17) is 0 Å². The number of nitrogens with one attached hydrogen (secondary N) is 1. The molecular formula is C22H35N3O3. The zero-order valence-electron chi connectivity index (χ0n) is 16.7. The third kappa shape index (κ3) is 3.55. The molecule has 0 unspecified atom stereocenters. The van der Waals surface area contributed by atoms with Gasteiger partial charge in [0.15, 0.2) is 0 Å². The van der Waals surface area contributed by atoms with Crippen molar-refractivity contribution in [2.45, 2.75) is 56.5 Å². The third-order valence-corrected chi connectivity index (χ3v) is 6.96. The second-order valence-electron chi connectivity index (χ2n) is 8.67. The fourth-order valence-corrected chi connectivity index (χ4v) is 5.52. The van der Waals surface area contributed by atoms with Crippen molar-refractivity contribution in [1.82, 2.24) is 15.1 Å². The smallest absolute Gasteiger partial charge is 0.237 e. The van der Waals surface area contributed by atoms with Gasteiger partial charge in [0.05, 0.1) is 25.2 Å². The van der Waals surface area contributed by atoms with E-state index in [1.807, 2.05) is 11.0 Å². The second kappa shape index (κ2) is 7.84. The Morgan fingerprint density at radius 1 is 1.25 bits per heavy atom. The third-order valence-electron chi connectivity index (χ3n) is 6.96. The first-order valence-electron chi connectivity index (χ1n) is 10.5. The number of rotatable bonds is 4. The van der Waals surface area contributed by atoms with Crippen LogP contribution < -0.4 is 5.32 Å². The van der Waals surface area contributed by atoms with Crippen LogP contribution in [0.1, 0.15) is 59.0 Å².